The fourth-order valence-corrected chi connectivity index (χ4v) is 2.73. The Kier molecular flexibility index (Phi) is 4.58. The maximum absolute atomic E-state index is 12.3. The Morgan fingerprint density at radius 1 is 1.58 bits per heavy atom. The van der Waals surface area contributed by atoms with Gasteiger partial charge in [0.2, 0.25) is 0 Å². The molecule has 1 aliphatic rings. The Morgan fingerprint density at radius 3 is 2.79 bits per heavy atom. The Morgan fingerprint density at radius 2 is 2.26 bits per heavy atom. The van der Waals surface area contributed by atoms with E-state index in [4.69, 9.17) is 9.15 Å². The van der Waals surface area contributed by atoms with Crippen LogP contribution in [-0.4, -0.2) is 42.6 Å². The summed E-state index contributed by atoms with van der Waals surface area (Å²) >= 11 is 0. The van der Waals surface area contributed by atoms with Crippen molar-refractivity contribution in [2.45, 2.75) is 26.7 Å². The number of amides is 1. The summed E-state index contributed by atoms with van der Waals surface area (Å²) in [7, 11) is 1.74. The topological polar surface area (TPSA) is 55.6 Å². The van der Waals surface area contributed by atoms with Crippen molar-refractivity contribution >= 4 is 5.91 Å². The van der Waals surface area contributed by atoms with Crippen molar-refractivity contribution in [1.82, 2.24) is 9.88 Å². The van der Waals surface area contributed by atoms with E-state index in [1.807, 2.05) is 4.90 Å². The fourth-order valence-electron chi connectivity index (χ4n) is 2.73. The van der Waals surface area contributed by atoms with Crippen molar-refractivity contribution in [1.29, 1.82) is 0 Å². The fraction of sp³-hybridized carbons (Fsp3) is 0.714. The molecular weight excluding hydrogens is 244 g/mol. The quantitative estimate of drug-likeness (QED) is 0.837. The molecule has 1 aliphatic heterocycles. The monoisotopic (exact) mass is 266 g/mol. The van der Waals surface area contributed by atoms with Gasteiger partial charge in [0.25, 0.3) is 5.91 Å². The van der Waals surface area contributed by atoms with Gasteiger partial charge < -0.3 is 14.1 Å². The molecule has 0 aromatic carbocycles. The molecule has 0 radical (unpaired) electrons. The molecule has 2 heterocycles. The Hall–Kier alpha value is -1.36. The summed E-state index contributed by atoms with van der Waals surface area (Å²) in [6.07, 6.45) is 3.40. The van der Waals surface area contributed by atoms with Crippen molar-refractivity contribution in [2.75, 3.05) is 26.8 Å². The van der Waals surface area contributed by atoms with Crippen molar-refractivity contribution < 1.29 is 13.9 Å². The molecule has 106 valence electrons. The SMILES string of the molecule is COC[C@@H](C)C1CCN(C(=O)c2ncoc2C)CC1. The van der Waals surface area contributed by atoms with Gasteiger partial charge in [0.05, 0.1) is 0 Å². The van der Waals surface area contributed by atoms with Crippen LogP contribution in [0.4, 0.5) is 0 Å². The second-order valence-electron chi connectivity index (χ2n) is 5.32. The van der Waals surface area contributed by atoms with Crippen LogP contribution in [0.15, 0.2) is 10.8 Å². The highest BCUT2D eigenvalue weighted by Gasteiger charge is 2.28. The van der Waals surface area contributed by atoms with Gasteiger partial charge in [-0.25, -0.2) is 4.98 Å². The van der Waals surface area contributed by atoms with Crippen molar-refractivity contribution in [3.63, 3.8) is 0 Å². The molecule has 5 nitrogen and oxygen atoms in total. The van der Waals surface area contributed by atoms with Crippen LogP contribution in [-0.2, 0) is 4.74 Å². The molecule has 5 heteroatoms. The first-order valence-electron chi connectivity index (χ1n) is 6.81. The summed E-state index contributed by atoms with van der Waals surface area (Å²) < 4.78 is 10.3. The summed E-state index contributed by atoms with van der Waals surface area (Å²) in [5.41, 5.74) is 0.448. The number of oxazole rings is 1. The Labute approximate surface area is 113 Å². The first kappa shape index (κ1) is 14.1. The summed E-state index contributed by atoms with van der Waals surface area (Å²) in [6, 6.07) is 0. The molecule has 0 bridgehead atoms. The molecule has 0 unspecified atom stereocenters. The zero-order valence-electron chi connectivity index (χ0n) is 11.9. The van der Waals surface area contributed by atoms with E-state index < -0.39 is 0 Å². The minimum absolute atomic E-state index is 0.0101. The minimum Gasteiger partial charge on any atom is -0.448 e. The van der Waals surface area contributed by atoms with Gasteiger partial charge in [-0.1, -0.05) is 6.92 Å². The van der Waals surface area contributed by atoms with Gasteiger partial charge >= 0.3 is 0 Å². The van der Waals surface area contributed by atoms with Crippen molar-refractivity contribution in [3.05, 3.63) is 17.8 Å². The zero-order chi connectivity index (χ0) is 13.8. The predicted octanol–water partition coefficient (Wildman–Crippen LogP) is 2.12. The number of piperidine rings is 1. The number of carbonyl (C=O) groups is 1. The van der Waals surface area contributed by atoms with E-state index in [0.29, 0.717) is 23.3 Å². The van der Waals surface area contributed by atoms with Crippen LogP contribution < -0.4 is 0 Å². The molecule has 1 amide bonds. The third-order valence-corrected chi connectivity index (χ3v) is 4.01. The molecule has 1 aromatic rings. The van der Waals surface area contributed by atoms with Crippen LogP contribution in [0.3, 0.4) is 0 Å². The van der Waals surface area contributed by atoms with E-state index in [1.165, 1.54) is 6.39 Å². The first-order chi connectivity index (χ1) is 9.13. The van der Waals surface area contributed by atoms with Crippen LogP contribution in [0, 0.1) is 18.8 Å². The highest BCUT2D eigenvalue weighted by Crippen LogP contribution is 2.26. The molecular formula is C14H22N2O3. The molecule has 1 saturated heterocycles. The maximum Gasteiger partial charge on any atom is 0.276 e. The molecule has 1 aromatic heterocycles. The number of nitrogens with zero attached hydrogens (tertiary/aromatic N) is 2. The first-order valence-corrected chi connectivity index (χ1v) is 6.81. The van der Waals surface area contributed by atoms with Crippen LogP contribution >= 0.6 is 0 Å². The normalized spacial score (nSPS) is 18.6. The van der Waals surface area contributed by atoms with Crippen molar-refractivity contribution in [3.8, 4) is 0 Å². The predicted molar refractivity (Wildman–Crippen MR) is 70.9 cm³/mol. The number of methoxy groups -OCH3 is 1. The van der Waals surface area contributed by atoms with Crippen LogP contribution in [0.2, 0.25) is 0 Å². The highest BCUT2D eigenvalue weighted by atomic mass is 16.5. The standard InChI is InChI=1S/C14H22N2O3/c1-10(8-18-3)12-4-6-16(7-5-12)14(17)13-11(2)19-9-15-13/h9-10,12H,4-8H2,1-3H3/t10-/m1/s1. The largest absolute Gasteiger partial charge is 0.448 e. The number of aromatic nitrogens is 1. The van der Waals surface area contributed by atoms with Gasteiger partial charge in [0.15, 0.2) is 12.1 Å². The van der Waals surface area contributed by atoms with E-state index in [1.54, 1.807) is 14.0 Å². The summed E-state index contributed by atoms with van der Waals surface area (Å²) in [5.74, 6) is 1.78. The molecule has 0 saturated carbocycles. The summed E-state index contributed by atoms with van der Waals surface area (Å²) in [5, 5.41) is 0. The van der Waals surface area contributed by atoms with E-state index in [9.17, 15) is 4.79 Å². The average molecular weight is 266 g/mol. The lowest BCUT2D eigenvalue weighted by molar-refractivity contribution is 0.0592. The molecule has 0 aliphatic carbocycles. The summed E-state index contributed by atoms with van der Waals surface area (Å²) in [6.45, 7) is 6.37. The number of carbonyl (C=O) groups excluding carboxylic acids is 1. The number of aryl methyl sites for hydroxylation is 1. The van der Waals surface area contributed by atoms with Crippen molar-refractivity contribution in [2.24, 2.45) is 11.8 Å². The van der Waals surface area contributed by atoms with Gasteiger partial charge in [0.1, 0.15) is 5.76 Å². The van der Waals surface area contributed by atoms with E-state index in [-0.39, 0.29) is 5.91 Å². The number of likely N-dealkylation sites (tertiary alicyclic amines) is 1. The Bertz CT molecular complexity index is 422. The zero-order valence-corrected chi connectivity index (χ0v) is 11.9. The minimum atomic E-state index is -0.0101. The molecule has 1 fully saturated rings. The van der Waals surface area contributed by atoms with Crippen LogP contribution in [0.25, 0.3) is 0 Å². The molecule has 1 atom stereocenters. The number of hydrogen-bond donors (Lipinski definition) is 0. The third-order valence-electron chi connectivity index (χ3n) is 4.01. The third kappa shape index (κ3) is 3.15. The number of ether oxygens (including phenoxy) is 1. The molecule has 19 heavy (non-hydrogen) atoms. The number of hydrogen-bond acceptors (Lipinski definition) is 4. The lowest BCUT2D eigenvalue weighted by Gasteiger charge is -2.34. The van der Waals surface area contributed by atoms with Gasteiger partial charge in [-0.3, -0.25) is 4.79 Å². The molecule has 0 spiro atoms. The van der Waals surface area contributed by atoms with Gasteiger partial charge in [0, 0.05) is 26.8 Å². The lowest BCUT2D eigenvalue weighted by atomic mass is 9.86. The van der Waals surface area contributed by atoms with E-state index in [2.05, 4.69) is 11.9 Å². The second-order valence-corrected chi connectivity index (χ2v) is 5.32. The highest BCUT2D eigenvalue weighted by molar-refractivity contribution is 5.93. The van der Waals surface area contributed by atoms with Crippen LogP contribution in [0.5, 0.6) is 0 Å². The Balaban J connectivity index is 1.90. The van der Waals surface area contributed by atoms with Crippen LogP contribution in [0.1, 0.15) is 36.0 Å². The average Bonchev–Trinajstić information content (AvgIpc) is 2.84. The smallest absolute Gasteiger partial charge is 0.276 e. The maximum atomic E-state index is 12.3. The van der Waals surface area contributed by atoms with Gasteiger partial charge in [-0.2, -0.15) is 0 Å². The molecule has 0 N–H and O–H groups in total. The van der Waals surface area contributed by atoms with Gasteiger partial charge in [-0.15, -0.1) is 0 Å². The number of rotatable bonds is 4. The van der Waals surface area contributed by atoms with E-state index >= 15 is 0 Å². The second kappa shape index (κ2) is 6.19. The molecule has 2 rings (SSSR count). The summed E-state index contributed by atoms with van der Waals surface area (Å²) in [4.78, 5) is 18.1. The van der Waals surface area contributed by atoms with Gasteiger partial charge in [-0.05, 0) is 31.6 Å². The lowest BCUT2D eigenvalue weighted by Crippen LogP contribution is -2.40. The van der Waals surface area contributed by atoms with E-state index in [0.717, 1.165) is 32.5 Å².